The topological polar surface area (TPSA) is 490 Å². The van der Waals surface area contributed by atoms with Crippen molar-refractivity contribution < 1.29 is 88.2 Å². The molecule has 0 aliphatic carbocycles. The first kappa shape index (κ1) is 75.7. The molecule has 1 unspecified atom stereocenters. The number of aliphatic hydroxyl groups excluding tert-OH is 2. The van der Waals surface area contributed by atoms with Gasteiger partial charge in [0.05, 0.1) is 43.6 Å². The van der Waals surface area contributed by atoms with Gasteiger partial charge in [0, 0.05) is 24.5 Å². The molecule has 0 radical (unpaired) electrons. The van der Waals surface area contributed by atoms with Crippen LogP contribution in [0.25, 0.3) is 11.1 Å². The van der Waals surface area contributed by atoms with Gasteiger partial charge in [0.1, 0.15) is 60.0 Å². The van der Waals surface area contributed by atoms with Crippen LogP contribution in [0.1, 0.15) is 69.6 Å². The Bertz CT molecular complexity index is 3390. The number of likely N-dealkylation sites (tertiary alicyclic amines) is 1. The molecule has 0 aromatic heterocycles. The number of primary amides is 1. The number of aliphatic carboxylic acids is 2. The predicted molar refractivity (Wildman–Crippen MR) is 351 cm³/mol. The zero-order chi connectivity index (χ0) is 70.3. The zero-order valence-electron chi connectivity index (χ0n) is 52.8. The van der Waals surface area contributed by atoms with Gasteiger partial charge in [0.15, 0.2) is 0 Å². The molecule has 96 heavy (non-hydrogen) atoms. The minimum Gasteiger partial charge on any atom is -0.508 e. The number of aliphatic hydroxyl groups is 2. The highest BCUT2D eigenvalue weighted by atomic mass is 33.1. The standard InChI is InChI=1S/C64H82N12O18S2/c1-33(2)24-42(65)64(94)76-23-7-10-50(76)62(92)73-48-31-95-96-32-49(61(91)71-45(57(87)68-43(55(66)85)28-52(81)82)26-35-11-17-39(18-12-35)38-8-5-4-6-9-38)74-63(93)54(34(3)77)75-51(80)30-67-56(86)44(25-36-13-19-40(78)20-14-36)69-58(88)46(27-37-15-21-41(79)22-16-37)70-59(89)47(29-53(83)84)72-60(48)90/h4-6,8-9,11-22,33-34,42-50,54,58,69,77-79,88H,7,10,23-32,65H2,1-3H3,(H2,66,85)(H,67,86)(H,68,87)(H,70,89)(H,71,91)(H,72,90)(H,73,92)(H,74,93)(H,75,80)(H,81,82)(H,83,84)/t34?,42-,43-,44-,45-,46-,47-,48-,49-,50-,54-,58+/m0/s1. The van der Waals surface area contributed by atoms with Gasteiger partial charge in [-0.15, -0.1) is 0 Å². The number of nitrogens with one attached hydrogen (secondary N) is 9. The van der Waals surface area contributed by atoms with Gasteiger partial charge in [-0.05, 0) is 97.0 Å². The number of carboxylic acid groups (broad SMARTS) is 2. The van der Waals surface area contributed by atoms with Crippen LogP contribution in [0, 0.1) is 5.92 Å². The SMILES string of the molecule is CC(C)C[C@H](N)C(=O)N1CCC[C@H]1C(=O)N[C@H]1CSSC[C@@H](C(=O)N[C@@H](Cc2ccc(-c3ccccc3)cc2)C(=O)N[C@@H](CC(=O)O)C(N)=O)NC(=O)[C@H](C(C)O)NC(=O)CNC(=O)[C@H](Cc2ccc(O)cc2)N[C@H](O)[C@H](Cc2ccc(O)cc2)NC(=O)[C@H](CC(=O)O)NC1=O. The van der Waals surface area contributed by atoms with Crippen molar-refractivity contribution in [2.24, 2.45) is 17.4 Å². The van der Waals surface area contributed by atoms with E-state index in [0.29, 0.717) is 23.1 Å². The first-order valence-corrected chi connectivity index (χ1v) is 33.3. The number of benzene rings is 4. The van der Waals surface area contributed by atoms with Crippen LogP contribution in [0.3, 0.4) is 0 Å². The van der Waals surface area contributed by atoms with Crippen molar-refractivity contribution in [3.05, 3.63) is 120 Å². The Labute approximate surface area is 560 Å². The maximum absolute atomic E-state index is 14.8. The molecule has 12 atom stereocenters. The van der Waals surface area contributed by atoms with Gasteiger partial charge in [-0.25, -0.2) is 0 Å². The summed E-state index contributed by atoms with van der Waals surface area (Å²) in [4.78, 5) is 167. The molecular formula is C64H82N12O18S2. The summed E-state index contributed by atoms with van der Waals surface area (Å²) in [5.41, 5.74) is 14.6. The summed E-state index contributed by atoms with van der Waals surface area (Å²) >= 11 is 0. The Kier molecular flexibility index (Phi) is 28.8. The quantitative estimate of drug-likeness (QED) is 0.0384. The molecule has 0 spiro atoms. The van der Waals surface area contributed by atoms with Crippen molar-refractivity contribution in [2.45, 2.75) is 145 Å². The normalized spacial score (nSPS) is 22.4. The highest BCUT2D eigenvalue weighted by Gasteiger charge is 2.40. The fourth-order valence-electron chi connectivity index (χ4n) is 10.5. The number of aromatic hydroxyl groups is 2. The molecule has 0 saturated carbocycles. The lowest BCUT2D eigenvalue weighted by molar-refractivity contribution is -0.142. The van der Waals surface area contributed by atoms with Gasteiger partial charge >= 0.3 is 11.9 Å². The molecule has 6 rings (SSSR count). The molecule has 2 saturated heterocycles. The van der Waals surface area contributed by atoms with Crippen LogP contribution in [0.2, 0.25) is 0 Å². The first-order chi connectivity index (χ1) is 45.5. The second-order valence-corrected chi connectivity index (χ2v) is 26.2. The van der Waals surface area contributed by atoms with Crippen molar-refractivity contribution in [1.82, 2.24) is 52.8 Å². The summed E-state index contributed by atoms with van der Waals surface area (Å²) < 4.78 is 0. The maximum atomic E-state index is 14.8. The fraction of sp³-hybridized carbons (Fsp3) is 0.438. The Morgan fingerprint density at radius 1 is 0.667 bits per heavy atom. The van der Waals surface area contributed by atoms with E-state index in [1.54, 1.807) is 24.3 Å². The largest absolute Gasteiger partial charge is 0.508 e. The Balaban J connectivity index is 1.41. The van der Waals surface area contributed by atoms with Crippen LogP contribution >= 0.6 is 21.6 Å². The molecule has 30 nitrogen and oxygen atoms in total. The van der Waals surface area contributed by atoms with E-state index in [1.165, 1.54) is 53.4 Å². The minimum atomic E-state index is -1.98. The third kappa shape index (κ3) is 23.5. The second-order valence-electron chi connectivity index (χ2n) is 23.7. The van der Waals surface area contributed by atoms with E-state index >= 15 is 0 Å². The van der Waals surface area contributed by atoms with E-state index in [4.69, 9.17) is 11.5 Å². The average Bonchev–Trinajstić information content (AvgIpc) is 1.56. The second kappa shape index (κ2) is 36.5. The Hall–Kier alpha value is -9.34. The summed E-state index contributed by atoms with van der Waals surface area (Å²) in [6.07, 6.45) is -5.81. The number of nitrogens with zero attached hydrogens (tertiary/aromatic N) is 1. The molecule has 4 aromatic rings. The van der Waals surface area contributed by atoms with Crippen LogP contribution in [0.15, 0.2) is 103 Å². The molecule has 518 valence electrons. The van der Waals surface area contributed by atoms with Gasteiger partial charge in [0.2, 0.25) is 59.1 Å². The minimum absolute atomic E-state index is 0.000726. The summed E-state index contributed by atoms with van der Waals surface area (Å²) in [6.45, 7) is 4.08. The summed E-state index contributed by atoms with van der Waals surface area (Å²) in [5.74, 6) is -14.8. The molecule has 2 fully saturated rings. The molecule has 19 N–H and O–H groups in total. The first-order valence-electron chi connectivity index (χ1n) is 30.8. The number of amides is 10. The van der Waals surface area contributed by atoms with E-state index < -0.39 is 175 Å². The number of hydrogen-bond donors (Lipinski definition) is 17. The summed E-state index contributed by atoms with van der Waals surface area (Å²) in [6, 6.07) is 11.0. The lowest BCUT2D eigenvalue weighted by atomic mass is 9.99. The van der Waals surface area contributed by atoms with Gasteiger partial charge in [0.25, 0.3) is 0 Å². The van der Waals surface area contributed by atoms with Crippen LogP contribution < -0.4 is 59.3 Å². The highest BCUT2D eigenvalue weighted by molar-refractivity contribution is 8.76. The summed E-state index contributed by atoms with van der Waals surface area (Å²) in [7, 11) is 1.58. The number of carbonyl (C=O) groups is 12. The summed E-state index contributed by atoms with van der Waals surface area (Å²) in [5, 5.41) is 85.3. The highest BCUT2D eigenvalue weighted by Crippen LogP contribution is 2.26. The fourth-order valence-corrected chi connectivity index (χ4v) is 12.8. The van der Waals surface area contributed by atoms with E-state index in [9.17, 15) is 88.2 Å². The monoisotopic (exact) mass is 1370 g/mol. The molecule has 10 amide bonds. The Morgan fingerprint density at radius 3 is 1.86 bits per heavy atom. The van der Waals surface area contributed by atoms with Crippen LogP contribution in [0.5, 0.6) is 11.5 Å². The smallest absolute Gasteiger partial charge is 0.305 e. The molecule has 0 bridgehead atoms. The molecule has 2 heterocycles. The molecule has 32 heteroatoms. The van der Waals surface area contributed by atoms with Crippen LogP contribution in [-0.4, -0.2) is 204 Å². The van der Waals surface area contributed by atoms with Crippen molar-refractivity contribution >= 4 is 92.6 Å². The Morgan fingerprint density at radius 2 is 1.27 bits per heavy atom. The van der Waals surface area contributed by atoms with Gasteiger partial charge in [-0.2, -0.15) is 0 Å². The van der Waals surface area contributed by atoms with Crippen molar-refractivity contribution in [1.29, 1.82) is 0 Å². The lowest BCUT2D eigenvalue weighted by Crippen LogP contribution is -2.62. The van der Waals surface area contributed by atoms with Crippen molar-refractivity contribution in [3.8, 4) is 22.6 Å². The van der Waals surface area contributed by atoms with Crippen LogP contribution in [0.4, 0.5) is 0 Å². The number of phenolic OH excluding ortho intramolecular Hbond substituents is 2. The van der Waals surface area contributed by atoms with Gasteiger partial charge in [-0.1, -0.05) is 114 Å². The maximum Gasteiger partial charge on any atom is 0.305 e. The average molecular weight is 1370 g/mol. The van der Waals surface area contributed by atoms with Crippen molar-refractivity contribution in [3.63, 3.8) is 0 Å². The van der Waals surface area contributed by atoms with Crippen molar-refractivity contribution in [2.75, 3.05) is 24.6 Å². The van der Waals surface area contributed by atoms with E-state index in [0.717, 1.165) is 39.6 Å². The number of nitrogens with two attached hydrogens (primary N) is 2. The number of rotatable bonds is 22. The number of carboxylic acids is 2. The van der Waals surface area contributed by atoms with E-state index in [-0.39, 0.29) is 56.1 Å². The zero-order valence-corrected chi connectivity index (χ0v) is 54.4. The lowest BCUT2D eigenvalue weighted by Gasteiger charge is -2.31. The van der Waals surface area contributed by atoms with E-state index in [2.05, 4.69) is 47.9 Å². The number of hydrogen-bond acceptors (Lipinski definition) is 20. The third-order valence-electron chi connectivity index (χ3n) is 15.6. The van der Waals surface area contributed by atoms with Gasteiger partial charge < -0.3 is 89.5 Å². The predicted octanol–water partition coefficient (Wildman–Crippen LogP) is -1.85. The van der Waals surface area contributed by atoms with E-state index in [1.807, 2.05) is 44.2 Å². The molecule has 2 aliphatic heterocycles. The molecule has 2 aliphatic rings. The number of carbonyl (C=O) groups excluding carboxylic acids is 10. The molecule has 4 aromatic carbocycles. The van der Waals surface area contributed by atoms with Gasteiger partial charge in [-0.3, -0.25) is 62.9 Å². The van der Waals surface area contributed by atoms with Crippen LogP contribution in [-0.2, 0) is 76.8 Å². The molecular weight excluding hydrogens is 1290 g/mol. The number of phenols is 2. The third-order valence-corrected chi connectivity index (χ3v) is 18.0.